The van der Waals surface area contributed by atoms with Gasteiger partial charge in [0, 0.05) is 16.7 Å². The van der Waals surface area contributed by atoms with E-state index in [4.69, 9.17) is 25.9 Å². The fourth-order valence-corrected chi connectivity index (χ4v) is 2.25. The Morgan fingerprint density at radius 1 is 1.13 bits per heavy atom. The molecular formula is C17H11ClO5. The topological polar surface area (TPSA) is 76.7 Å². The van der Waals surface area contributed by atoms with Crippen LogP contribution in [0.15, 0.2) is 57.7 Å². The van der Waals surface area contributed by atoms with Gasteiger partial charge in [-0.1, -0.05) is 11.6 Å². The average molecular weight is 331 g/mol. The van der Waals surface area contributed by atoms with Crippen molar-refractivity contribution >= 4 is 28.5 Å². The fourth-order valence-electron chi connectivity index (χ4n) is 2.13. The highest BCUT2D eigenvalue weighted by atomic mass is 35.5. The summed E-state index contributed by atoms with van der Waals surface area (Å²) in [5.74, 6) is -0.361. The summed E-state index contributed by atoms with van der Waals surface area (Å²) in [6.45, 7) is -0.473. The van der Waals surface area contributed by atoms with Gasteiger partial charge >= 0.3 is 5.97 Å². The van der Waals surface area contributed by atoms with Crippen LogP contribution in [0.2, 0.25) is 5.02 Å². The summed E-state index contributed by atoms with van der Waals surface area (Å²) in [6.07, 6.45) is 0. The molecule has 0 bridgehead atoms. The maximum Gasteiger partial charge on any atom is 0.341 e. The summed E-state index contributed by atoms with van der Waals surface area (Å²) in [6, 6.07) is 12.9. The van der Waals surface area contributed by atoms with Crippen molar-refractivity contribution in [3.63, 3.8) is 0 Å². The van der Waals surface area contributed by atoms with E-state index in [0.29, 0.717) is 27.5 Å². The van der Waals surface area contributed by atoms with Crippen molar-refractivity contribution < 1.29 is 19.1 Å². The second-order valence-corrected chi connectivity index (χ2v) is 5.26. The molecule has 3 rings (SSSR count). The highest BCUT2D eigenvalue weighted by molar-refractivity contribution is 6.30. The standard InChI is InChI=1S/C17H11ClO5/c18-11-3-1-10(2-4-11)16-8-14(19)13-7-12(22-9-17(20)21)5-6-15(13)23-16/h1-8H,9H2,(H,20,21). The van der Waals surface area contributed by atoms with E-state index in [1.165, 1.54) is 12.1 Å². The summed E-state index contributed by atoms with van der Waals surface area (Å²) in [4.78, 5) is 22.8. The Kier molecular flexibility index (Phi) is 4.04. The van der Waals surface area contributed by atoms with Gasteiger partial charge in [0.1, 0.15) is 17.1 Å². The summed E-state index contributed by atoms with van der Waals surface area (Å²) >= 11 is 5.85. The van der Waals surface area contributed by atoms with E-state index >= 15 is 0 Å². The fraction of sp³-hybridized carbons (Fsp3) is 0.0588. The number of rotatable bonds is 4. The third-order valence-corrected chi connectivity index (χ3v) is 3.44. The van der Waals surface area contributed by atoms with Gasteiger partial charge in [0.2, 0.25) is 0 Å². The van der Waals surface area contributed by atoms with Crippen molar-refractivity contribution in [2.75, 3.05) is 6.61 Å². The zero-order valence-electron chi connectivity index (χ0n) is 11.8. The van der Waals surface area contributed by atoms with Crippen molar-refractivity contribution in [2.45, 2.75) is 0 Å². The number of halogens is 1. The molecule has 0 radical (unpaired) electrons. The van der Waals surface area contributed by atoms with Gasteiger partial charge in [-0.25, -0.2) is 4.79 Å². The number of hydrogen-bond donors (Lipinski definition) is 1. The zero-order chi connectivity index (χ0) is 16.4. The number of ether oxygens (including phenoxy) is 1. The Balaban J connectivity index is 2.02. The first-order valence-corrected chi connectivity index (χ1v) is 7.09. The SMILES string of the molecule is O=C(O)COc1ccc2oc(-c3ccc(Cl)cc3)cc(=O)c2c1. The first-order valence-electron chi connectivity index (χ1n) is 6.71. The van der Waals surface area contributed by atoms with Gasteiger partial charge in [0.25, 0.3) is 0 Å². The Hall–Kier alpha value is -2.79. The molecule has 3 aromatic rings. The highest BCUT2D eigenvalue weighted by Crippen LogP contribution is 2.25. The molecule has 0 atom stereocenters. The van der Waals surface area contributed by atoms with Crippen LogP contribution in [-0.4, -0.2) is 17.7 Å². The first-order chi connectivity index (χ1) is 11.0. The number of carbonyl (C=O) groups is 1. The molecule has 0 aliphatic rings. The second kappa shape index (κ2) is 6.14. The number of carboxylic acid groups (broad SMARTS) is 1. The third-order valence-electron chi connectivity index (χ3n) is 3.19. The normalized spacial score (nSPS) is 10.7. The van der Waals surface area contributed by atoms with Crippen LogP contribution >= 0.6 is 11.6 Å². The lowest BCUT2D eigenvalue weighted by molar-refractivity contribution is -0.139. The predicted molar refractivity (Wildman–Crippen MR) is 86.1 cm³/mol. The molecule has 0 saturated heterocycles. The number of aliphatic carboxylic acids is 1. The van der Waals surface area contributed by atoms with Crippen LogP contribution in [-0.2, 0) is 4.79 Å². The van der Waals surface area contributed by atoms with Crippen molar-refractivity contribution in [1.29, 1.82) is 0 Å². The van der Waals surface area contributed by atoms with E-state index in [1.54, 1.807) is 36.4 Å². The number of benzene rings is 2. The van der Waals surface area contributed by atoms with Crippen molar-refractivity contribution in [3.05, 3.63) is 63.8 Å². The zero-order valence-corrected chi connectivity index (χ0v) is 12.5. The third kappa shape index (κ3) is 3.35. The first kappa shape index (κ1) is 15.1. The van der Waals surface area contributed by atoms with Gasteiger partial charge in [0.15, 0.2) is 12.0 Å². The molecule has 0 saturated carbocycles. The van der Waals surface area contributed by atoms with Crippen LogP contribution in [0.4, 0.5) is 0 Å². The Labute approximate surface area is 135 Å². The summed E-state index contributed by atoms with van der Waals surface area (Å²) in [5.41, 5.74) is 0.890. The smallest absolute Gasteiger partial charge is 0.341 e. The molecule has 0 amide bonds. The average Bonchev–Trinajstić information content (AvgIpc) is 2.53. The number of carboxylic acids is 1. The van der Waals surface area contributed by atoms with Crippen LogP contribution in [0, 0.1) is 0 Å². The summed E-state index contributed by atoms with van der Waals surface area (Å²) in [7, 11) is 0. The predicted octanol–water partition coefficient (Wildman–Crippen LogP) is 3.58. The lowest BCUT2D eigenvalue weighted by Crippen LogP contribution is -2.09. The molecule has 0 fully saturated rings. The summed E-state index contributed by atoms with van der Waals surface area (Å²) < 4.78 is 10.8. The van der Waals surface area contributed by atoms with Crippen LogP contribution < -0.4 is 10.2 Å². The van der Waals surface area contributed by atoms with Crippen LogP contribution in [0.1, 0.15) is 0 Å². The van der Waals surface area contributed by atoms with E-state index in [0.717, 1.165) is 5.56 Å². The van der Waals surface area contributed by atoms with Gasteiger partial charge in [-0.15, -0.1) is 0 Å². The minimum atomic E-state index is -1.09. The largest absolute Gasteiger partial charge is 0.482 e. The summed E-state index contributed by atoms with van der Waals surface area (Å²) in [5, 5.41) is 9.53. The lowest BCUT2D eigenvalue weighted by Gasteiger charge is -2.06. The lowest BCUT2D eigenvalue weighted by atomic mass is 10.1. The Bertz CT molecular complexity index is 928. The molecule has 2 aromatic carbocycles. The second-order valence-electron chi connectivity index (χ2n) is 4.82. The molecule has 1 heterocycles. The Morgan fingerprint density at radius 3 is 2.57 bits per heavy atom. The molecule has 1 aromatic heterocycles. The minimum absolute atomic E-state index is 0.239. The highest BCUT2D eigenvalue weighted by Gasteiger charge is 2.09. The Morgan fingerprint density at radius 2 is 1.87 bits per heavy atom. The van der Waals surface area contributed by atoms with Crippen LogP contribution in [0.5, 0.6) is 5.75 Å². The maximum atomic E-state index is 12.3. The molecule has 5 nitrogen and oxygen atoms in total. The van der Waals surface area contributed by atoms with Crippen LogP contribution in [0.3, 0.4) is 0 Å². The molecule has 116 valence electrons. The quantitative estimate of drug-likeness (QED) is 0.791. The van der Waals surface area contributed by atoms with E-state index in [9.17, 15) is 9.59 Å². The molecule has 6 heteroatoms. The van der Waals surface area contributed by atoms with Gasteiger partial charge in [0.05, 0.1) is 5.39 Å². The van der Waals surface area contributed by atoms with Gasteiger partial charge < -0.3 is 14.3 Å². The maximum absolute atomic E-state index is 12.3. The monoisotopic (exact) mass is 330 g/mol. The number of fused-ring (bicyclic) bond motifs is 1. The molecular weight excluding hydrogens is 320 g/mol. The minimum Gasteiger partial charge on any atom is -0.482 e. The van der Waals surface area contributed by atoms with Gasteiger partial charge in [-0.2, -0.15) is 0 Å². The molecule has 0 aliphatic carbocycles. The molecule has 0 unspecified atom stereocenters. The number of hydrogen-bond acceptors (Lipinski definition) is 4. The van der Waals surface area contributed by atoms with Crippen molar-refractivity contribution in [1.82, 2.24) is 0 Å². The van der Waals surface area contributed by atoms with E-state index in [-0.39, 0.29) is 5.43 Å². The van der Waals surface area contributed by atoms with Crippen molar-refractivity contribution in [2.24, 2.45) is 0 Å². The van der Waals surface area contributed by atoms with Gasteiger partial charge in [-0.3, -0.25) is 4.79 Å². The van der Waals surface area contributed by atoms with Crippen molar-refractivity contribution in [3.8, 4) is 17.1 Å². The van der Waals surface area contributed by atoms with E-state index < -0.39 is 12.6 Å². The van der Waals surface area contributed by atoms with E-state index in [1.807, 2.05) is 0 Å². The molecule has 0 spiro atoms. The van der Waals surface area contributed by atoms with Gasteiger partial charge in [-0.05, 0) is 42.5 Å². The molecule has 23 heavy (non-hydrogen) atoms. The molecule has 1 N–H and O–H groups in total. The van der Waals surface area contributed by atoms with Crippen LogP contribution in [0.25, 0.3) is 22.3 Å². The molecule has 0 aliphatic heterocycles. The van der Waals surface area contributed by atoms with E-state index in [2.05, 4.69) is 0 Å².